The Balaban J connectivity index is 1.51. The third-order valence-electron chi connectivity index (χ3n) is 8.03. The average Bonchev–Trinajstić information content (AvgIpc) is 3.43. The van der Waals surface area contributed by atoms with Crippen molar-refractivity contribution in [2.45, 2.75) is 77.7 Å². The number of aliphatic hydroxyl groups excluding tert-OH is 1. The molecule has 0 saturated heterocycles. The van der Waals surface area contributed by atoms with Gasteiger partial charge in [-0.3, -0.25) is 34.2 Å². The van der Waals surface area contributed by atoms with Gasteiger partial charge in [-0.1, -0.05) is 44.5 Å². The molecule has 8 amide bonds. The number of carbonyl (C=O) groups excluding carboxylic acids is 7. The zero-order valence-corrected chi connectivity index (χ0v) is 29.3. The van der Waals surface area contributed by atoms with E-state index in [1.54, 1.807) is 62.4 Å². The number of unbranched alkanes of at least 4 members (excludes halogenated alkanes) is 2. The number of benzene rings is 2. The monoisotopic (exact) mass is 721 g/mol. The fourth-order valence-electron chi connectivity index (χ4n) is 5.12. The summed E-state index contributed by atoms with van der Waals surface area (Å²) < 4.78 is 5.26. The van der Waals surface area contributed by atoms with Crippen molar-refractivity contribution >= 4 is 53.0 Å². The number of imide groups is 1. The second-order valence-electron chi connectivity index (χ2n) is 12.5. The summed E-state index contributed by atoms with van der Waals surface area (Å²) >= 11 is 0. The van der Waals surface area contributed by atoms with Gasteiger partial charge in [0.05, 0.1) is 6.61 Å². The number of urea groups is 1. The van der Waals surface area contributed by atoms with Crippen LogP contribution < -0.4 is 32.3 Å². The molecule has 1 aliphatic rings. The first kappa shape index (κ1) is 40.7. The summed E-state index contributed by atoms with van der Waals surface area (Å²) in [6, 6.07) is 10.5. The smallest absolute Gasteiger partial charge is 0.411 e. The van der Waals surface area contributed by atoms with Crippen LogP contribution in [0.5, 0.6) is 0 Å². The fourth-order valence-corrected chi connectivity index (χ4v) is 5.12. The van der Waals surface area contributed by atoms with Gasteiger partial charge in [0, 0.05) is 43.0 Å². The molecule has 2 aromatic carbocycles. The van der Waals surface area contributed by atoms with Gasteiger partial charge >= 0.3 is 12.1 Å². The van der Waals surface area contributed by atoms with Crippen molar-refractivity contribution in [3.63, 3.8) is 0 Å². The summed E-state index contributed by atoms with van der Waals surface area (Å²) in [6.07, 6.45) is 3.99. The lowest BCUT2D eigenvalue weighted by Crippen LogP contribution is -2.54. The molecular formula is C36H47N7O9. The van der Waals surface area contributed by atoms with Gasteiger partial charge in [0.1, 0.15) is 18.7 Å². The number of primary amides is 1. The fraction of sp³-hybridized carbons (Fsp3) is 0.417. The predicted molar refractivity (Wildman–Crippen MR) is 191 cm³/mol. The Morgan fingerprint density at radius 1 is 0.788 bits per heavy atom. The first-order valence-electron chi connectivity index (χ1n) is 17.1. The highest BCUT2D eigenvalue weighted by atomic mass is 16.5. The number of hydrogen-bond donors (Lipinski definition) is 7. The van der Waals surface area contributed by atoms with Crippen LogP contribution in [0.15, 0.2) is 60.7 Å². The molecule has 1 heterocycles. The van der Waals surface area contributed by atoms with E-state index in [-0.39, 0.29) is 62.8 Å². The molecule has 0 spiro atoms. The standard InChI is InChI=1S/C36H47N7O9/c1-23(2)32(42-29(45)8-4-3-5-20-43-30(46)17-18-31(43)47)34(49)41-28(7-6-19-38-35(37)50)33(48)39-26-15-11-25(12-16-26)22-52-36(51)40-27-13-9-24(21-44)10-14-27/h9-18,23,28,32,44H,3-8,19-22H2,1-2H3,(H,39,48)(H,40,51)(H,41,49)(H,42,45)(H3,37,38,50)/t28-,32?/m0/s1. The third kappa shape index (κ3) is 13.9. The van der Waals surface area contributed by atoms with Gasteiger partial charge in [-0.25, -0.2) is 9.59 Å². The largest absolute Gasteiger partial charge is 0.444 e. The number of amides is 8. The van der Waals surface area contributed by atoms with Crippen LogP contribution in [0.2, 0.25) is 0 Å². The van der Waals surface area contributed by atoms with Crippen LogP contribution in [-0.4, -0.2) is 76.8 Å². The van der Waals surface area contributed by atoms with Crippen LogP contribution in [0, 0.1) is 5.92 Å². The van der Waals surface area contributed by atoms with E-state index in [0.29, 0.717) is 48.2 Å². The molecule has 0 bridgehead atoms. The van der Waals surface area contributed by atoms with Gasteiger partial charge in [-0.15, -0.1) is 0 Å². The first-order valence-corrected chi connectivity index (χ1v) is 17.1. The van der Waals surface area contributed by atoms with E-state index in [1.807, 2.05) is 0 Å². The van der Waals surface area contributed by atoms with Crippen molar-refractivity contribution in [3.05, 3.63) is 71.8 Å². The lowest BCUT2D eigenvalue weighted by Gasteiger charge is -2.25. The molecule has 1 aliphatic heterocycles. The minimum absolute atomic E-state index is 0.0407. The molecule has 280 valence electrons. The van der Waals surface area contributed by atoms with Crippen molar-refractivity contribution in [3.8, 4) is 0 Å². The highest BCUT2D eigenvalue weighted by molar-refractivity contribution is 6.12. The molecule has 8 N–H and O–H groups in total. The number of carbonyl (C=O) groups is 7. The number of nitrogens with two attached hydrogens (primary N) is 1. The second kappa shape index (κ2) is 20.8. The van der Waals surface area contributed by atoms with Gasteiger partial charge in [-0.05, 0) is 67.0 Å². The Kier molecular flexibility index (Phi) is 16.3. The zero-order chi connectivity index (χ0) is 38.0. The molecular weight excluding hydrogens is 674 g/mol. The number of nitrogens with one attached hydrogen (secondary N) is 5. The van der Waals surface area contributed by atoms with Crippen molar-refractivity contribution in [2.24, 2.45) is 11.7 Å². The van der Waals surface area contributed by atoms with Crippen molar-refractivity contribution < 1.29 is 43.4 Å². The quantitative estimate of drug-likeness (QED) is 0.0784. The molecule has 1 unspecified atom stereocenters. The molecule has 16 heteroatoms. The van der Waals surface area contributed by atoms with E-state index in [1.165, 1.54) is 12.2 Å². The van der Waals surface area contributed by atoms with E-state index >= 15 is 0 Å². The molecule has 52 heavy (non-hydrogen) atoms. The summed E-state index contributed by atoms with van der Waals surface area (Å²) in [6.45, 7) is 3.81. The normalized spacial score (nSPS) is 13.3. The van der Waals surface area contributed by atoms with Crippen molar-refractivity contribution in [1.29, 1.82) is 0 Å². The van der Waals surface area contributed by atoms with E-state index in [2.05, 4.69) is 26.6 Å². The van der Waals surface area contributed by atoms with E-state index < -0.39 is 36.0 Å². The maximum atomic E-state index is 13.4. The molecule has 3 rings (SSSR count). The van der Waals surface area contributed by atoms with Crippen LogP contribution in [0.3, 0.4) is 0 Å². The number of hydrogen-bond acceptors (Lipinski definition) is 9. The Labute approximate surface area is 301 Å². The van der Waals surface area contributed by atoms with Gasteiger partial charge in [-0.2, -0.15) is 0 Å². The van der Waals surface area contributed by atoms with Crippen LogP contribution >= 0.6 is 0 Å². The highest BCUT2D eigenvalue weighted by Gasteiger charge is 2.29. The molecule has 0 saturated carbocycles. The van der Waals surface area contributed by atoms with Crippen LogP contribution in [-0.2, 0) is 41.9 Å². The second-order valence-corrected chi connectivity index (χ2v) is 12.5. The summed E-state index contributed by atoms with van der Waals surface area (Å²) in [4.78, 5) is 87.3. The number of nitrogens with zero attached hydrogens (tertiary/aromatic N) is 1. The van der Waals surface area contributed by atoms with Crippen molar-refractivity contribution in [1.82, 2.24) is 20.9 Å². The predicted octanol–water partition coefficient (Wildman–Crippen LogP) is 2.43. The van der Waals surface area contributed by atoms with Gasteiger partial charge in [0.25, 0.3) is 11.8 Å². The molecule has 0 aliphatic carbocycles. The Morgan fingerprint density at radius 2 is 1.40 bits per heavy atom. The number of ether oxygens (including phenoxy) is 1. The Morgan fingerprint density at radius 3 is 2.00 bits per heavy atom. The van der Waals surface area contributed by atoms with E-state index in [0.717, 1.165) is 4.90 Å². The molecule has 16 nitrogen and oxygen atoms in total. The van der Waals surface area contributed by atoms with E-state index in [9.17, 15) is 33.6 Å². The molecule has 0 fully saturated rings. The summed E-state index contributed by atoms with van der Waals surface area (Å²) in [5.74, 6) is -2.45. The lowest BCUT2D eigenvalue weighted by atomic mass is 10.0. The molecule has 0 aromatic heterocycles. The molecule has 2 aromatic rings. The van der Waals surface area contributed by atoms with Crippen LogP contribution in [0.25, 0.3) is 0 Å². The Bertz CT molecular complexity index is 1580. The Hall–Kier alpha value is -5.77. The molecule has 0 radical (unpaired) electrons. The number of rotatable bonds is 20. The highest BCUT2D eigenvalue weighted by Crippen LogP contribution is 2.15. The number of anilines is 2. The van der Waals surface area contributed by atoms with Gasteiger partial charge in [0.2, 0.25) is 17.7 Å². The van der Waals surface area contributed by atoms with Gasteiger partial charge in [0.15, 0.2) is 0 Å². The minimum Gasteiger partial charge on any atom is -0.444 e. The van der Waals surface area contributed by atoms with E-state index in [4.69, 9.17) is 15.6 Å². The summed E-state index contributed by atoms with van der Waals surface area (Å²) in [5, 5.41) is 22.4. The van der Waals surface area contributed by atoms with Gasteiger partial charge < -0.3 is 36.8 Å². The van der Waals surface area contributed by atoms with Crippen molar-refractivity contribution in [2.75, 3.05) is 23.7 Å². The van der Waals surface area contributed by atoms with Crippen LogP contribution in [0.4, 0.5) is 21.0 Å². The number of aliphatic hydroxyl groups is 1. The van der Waals surface area contributed by atoms with Crippen LogP contribution in [0.1, 0.15) is 63.5 Å². The maximum Gasteiger partial charge on any atom is 0.411 e. The summed E-state index contributed by atoms with van der Waals surface area (Å²) in [7, 11) is 0. The molecule has 2 atom stereocenters. The lowest BCUT2D eigenvalue weighted by molar-refractivity contribution is -0.137. The SMILES string of the molecule is CC(C)C(NC(=O)CCCCCN1C(=O)C=CC1=O)C(=O)N[C@@H](CCCNC(N)=O)C(=O)Nc1ccc(COC(=O)Nc2ccc(CO)cc2)cc1. The minimum atomic E-state index is -1.02. The summed E-state index contributed by atoms with van der Waals surface area (Å²) in [5.41, 5.74) is 7.42. The average molecular weight is 722 g/mol. The topological polar surface area (TPSA) is 238 Å². The zero-order valence-electron chi connectivity index (χ0n) is 29.3. The first-order chi connectivity index (χ1) is 24.9. The third-order valence-corrected chi connectivity index (χ3v) is 8.03. The maximum absolute atomic E-state index is 13.4.